The van der Waals surface area contributed by atoms with Gasteiger partial charge in [-0.1, -0.05) is 309 Å². The molecular formula is C126H106B2N6. The summed E-state index contributed by atoms with van der Waals surface area (Å²) in [5.74, 6) is 0. The van der Waals surface area contributed by atoms with E-state index < -0.39 is 0 Å². The number of para-hydroxylation sites is 3. The van der Waals surface area contributed by atoms with Crippen molar-refractivity contribution in [3.8, 4) is 44.5 Å². The molecule has 1 atom stereocenters. The fourth-order valence-electron chi connectivity index (χ4n) is 23.5. The van der Waals surface area contributed by atoms with Crippen molar-refractivity contribution < 1.29 is 0 Å². The van der Waals surface area contributed by atoms with Gasteiger partial charge in [0, 0.05) is 102 Å². The predicted octanol–water partition coefficient (Wildman–Crippen LogP) is 30.0. The molecule has 0 fully saturated rings. The Morgan fingerprint density at radius 1 is 0.224 bits per heavy atom. The van der Waals surface area contributed by atoms with Crippen LogP contribution in [-0.4, -0.2) is 13.4 Å². The maximum atomic E-state index is 2.66. The summed E-state index contributed by atoms with van der Waals surface area (Å²) in [5, 5.41) is 0. The molecular weight excluding hydrogens is 1620 g/mol. The standard InChI is InChI=1S/C126H106B2N6/c1-84-72-117-122-120(75-84)134(116-81-103(129(95-41-25-14-26-42-95)96-43-27-15-28-44-96)61-66-111(116)128(122)112-77-93(89-36-21-12-22-37-89)53-67-113(112)131(117)99-56-50-91(51-57-99)87-32-17-10-18-33-87)102-59-63-106-108(80-102)126(9,71-70-124(106,5)6)83-86-48-54-98(55-49-86)130(97-45-29-16-30-46-97)104-60-65-110-115(82-104)133(101-58-62-105-107(79-101)125(7,8)69-68-123(105,3)4)119-74-85(2)73-118-121(119)127(110)109-64-52-94(90-38-23-13-24-39-90)78-114(109)132(118)100-47-31-40-92(76-100)88-34-19-11-20-35-88/h10-67,72-82H,68-71,83H2,1-9H3. The Morgan fingerprint density at radius 2 is 0.552 bits per heavy atom. The van der Waals surface area contributed by atoms with Crippen molar-refractivity contribution in [2.75, 3.05) is 29.4 Å². The van der Waals surface area contributed by atoms with E-state index in [1.165, 1.54) is 162 Å². The smallest absolute Gasteiger partial charge is 0.252 e. The molecule has 0 spiro atoms. The number of hydrogen-bond acceptors (Lipinski definition) is 6. The van der Waals surface area contributed by atoms with E-state index >= 15 is 0 Å². The molecule has 1 unspecified atom stereocenters. The zero-order valence-electron chi connectivity index (χ0n) is 77.7. The third kappa shape index (κ3) is 13.9. The van der Waals surface area contributed by atoms with Gasteiger partial charge in [-0.3, -0.25) is 0 Å². The van der Waals surface area contributed by atoms with Crippen LogP contribution in [0, 0.1) is 13.8 Å². The van der Waals surface area contributed by atoms with Crippen LogP contribution in [0.4, 0.5) is 102 Å². The predicted molar refractivity (Wildman–Crippen MR) is 570 cm³/mol. The second-order valence-corrected chi connectivity index (χ2v) is 40.4. The third-order valence-electron chi connectivity index (χ3n) is 30.4. The summed E-state index contributed by atoms with van der Waals surface area (Å²) in [4.78, 5) is 15.4. The van der Waals surface area contributed by atoms with E-state index in [9.17, 15) is 0 Å². The minimum absolute atomic E-state index is 0.0302. The van der Waals surface area contributed by atoms with Crippen LogP contribution in [0.2, 0.25) is 0 Å². The van der Waals surface area contributed by atoms with E-state index in [0.29, 0.717) is 0 Å². The lowest BCUT2D eigenvalue weighted by Crippen LogP contribution is -2.61. The SMILES string of the molecule is Cc1cc2c3c(c1)N(c1ccc4c(c1)C(C)(Cc1ccc(N(c5ccccc5)c5ccc6c(c5)N(c5ccc7c(c5)C(C)(C)CCC7(C)C)c5cc(C)cc7c5B6c5ccc(-c6ccccc6)cc5N7c5cccc(-c6ccccc6)c5)cc1)CCC4(C)C)c1cc(N(c4ccccc4)c4ccccc4)ccc1B3c1cc(-c3ccccc3)ccc1N2c1ccc(-c2ccccc2)cc1. The minimum atomic E-state index is -0.258. The first-order valence-electron chi connectivity index (χ1n) is 48.0. The number of fused-ring (bicyclic) bond motifs is 10. The molecule has 8 heteroatoms. The average Bonchev–Trinajstić information content (AvgIpc) is 0.695. The summed E-state index contributed by atoms with van der Waals surface area (Å²) in [7, 11) is 0. The van der Waals surface area contributed by atoms with E-state index in [1.807, 2.05) is 0 Å². The van der Waals surface area contributed by atoms with E-state index in [2.05, 4.69) is 510 Å². The van der Waals surface area contributed by atoms with Gasteiger partial charge < -0.3 is 29.4 Å². The quantitative estimate of drug-likeness (QED) is 0.0892. The molecule has 2 aliphatic carbocycles. The first-order valence-corrected chi connectivity index (χ1v) is 48.0. The van der Waals surface area contributed by atoms with E-state index in [-0.39, 0.29) is 35.1 Å². The minimum Gasteiger partial charge on any atom is -0.311 e. The largest absolute Gasteiger partial charge is 0.311 e. The van der Waals surface area contributed by atoms with Crippen molar-refractivity contribution in [2.24, 2.45) is 0 Å². The molecule has 0 aromatic heterocycles. The van der Waals surface area contributed by atoms with Crippen LogP contribution in [0.25, 0.3) is 44.5 Å². The number of benzene rings is 18. The van der Waals surface area contributed by atoms with Crippen LogP contribution in [0.3, 0.4) is 0 Å². The van der Waals surface area contributed by atoms with E-state index in [1.54, 1.807) is 0 Å². The van der Waals surface area contributed by atoms with Gasteiger partial charge in [-0.25, -0.2) is 0 Å². The molecule has 24 rings (SSSR count). The Balaban J connectivity index is 0.646. The summed E-state index contributed by atoms with van der Waals surface area (Å²) in [5.41, 5.74) is 47.0. The van der Waals surface area contributed by atoms with Gasteiger partial charge in [-0.05, 0) is 342 Å². The zero-order chi connectivity index (χ0) is 90.5. The van der Waals surface area contributed by atoms with Gasteiger partial charge in [0.15, 0.2) is 0 Å². The highest BCUT2D eigenvalue weighted by molar-refractivity contribution is 7.01. The molecule has 18 aromatic carbocycles. The van der Waals surface area contributed by atoms with Gasteiger partial charge in [0.25, 0.3) is 13.4 Å². The second-order valence-electron chi connectivity index (χ2n) is 40.4. The van der Waals surface area contributed by atoms with Gasteiger partial charge in [-0.15, -0.1) is 0 Å². The normalized spacial score (nSPS) is 15.8. The van der Waals surface area contributed by atoms with Crippen molar-refractivity contribution in [3.63, 3.8) is 0 Å². The number of aryl methyl sites for hydroxylation is 2. The van der Waals surface area contributed by atoms with Gasteiger partial charge in [-0.2, -0.15) is 0 Å². The summed E-state index contributed by atoms with van der Waals surface area (Å²) in [6.45, 7) is 21.7. The number of nitrogens with zero attached hydrogens (tertiary/aromatic N) is 6. The fourth-order valence-corrected chi connectivity index (χ4v) is 23.5. The Morgan fingerprint density at radius 3 is 1.03 bits per heavy atom. The first-order chi connectivity index (χ1) is 65.3. The molecule has 4 aliphatic heterocycles. The highest BCUT2D eigenvalue weighted by atomic mass is 15.2. The van der Waals surface area contributed by atoms with Crippen LogP contribution < -0.4 is 62.2 Å². The molecule has 0 amide bonds. The van der Waals surface area contributed by atoms with Gasteiger partial charge in [0.05, 0.1) is 0 Å². The summed E-state index contributed by atoms with van der Waals surface area (Å²) >= 11 is 0. The Hall–Kier alpha value is -15.1. The average molecular weight is 1730 g/mol. The fraction of sp³-hybridized carbons (Fsp3) is 0.143. The van der Waals surface area contributed by atoms with Gasteiger partial charge in [0.1, 0.15) is 0 Å². The van der Waals surface area contributed by atoms with Crippen molar-refractivity contribution in [1.29, 1.82) is 0 Å². The van der Waals surface area contributed by atoms with Crippen molar-refractivity contribution in [3.05, 3.63) is 458 Å². The monoisotopic (exact) mass is 1720 g/mol. The molecule has 134 heavy (non-hydrogen) atoms. The van der Waals surface area contributed by atoms with Gasteiger partial charge in [0.2, 0.25) is 0 Å². The molecule has 18 aromatic rings. The van der Waals surface area contributed by atoms with Crippen LogP contribution in [0.15, 0.2) is 419 Å². The molecule has 4 heterocycles. The molecule has 0 bridgehead atoms. The molecule has 0 saturated carbocycles. The van der Waals surface area contributed by atoms with Gasteiger partial charge >= 0.3 is 0 Å². The Kier molecular flexibility index (Phi) is 19.7. The molecule has 6 aliphatic rings. The van der Waals surface area contributed by atoms with Crippen molar-refractivity contribution >= 4 is 149 Å². The van der Waals surface area contributed by atoms with Crippen molar-refractivity contribution in [2.45, 2.75) is 116 Å². The Labute approximate surface area is 790 Å². The first kappa shape index (κ1) is 82.1. The lowest BCUT2D eigenvalue weighted by Gasteiger charge is -2.46. The topological polar surface area (TPSA) is 19.4 Å². The molecule has 0 N–H and O–H groups in total. The summed E-state index contributed by atoms with van der Waals surface area (Å²) in [6, 6.07) is 159. The Bertz CT molecular complexity index is 7570. The molecule has 646 valence electrons. The third-order valence-corrected chi connectivity index (χ3v) is 30.4. The molecule has 0 saturated heterocycles. The highest BCUT2D eigenvalue weighted by Gasteiger charge is 2.49. The lowest BCUT2D eigenvalue weighted by atomic mass is 9.33. The lowest BCUT2D eigenvalue weighted by molar-refractivity contribution is 0.310. The maximum Gasteiger partial charge on any atom is 0.252 e. The van der Waals surface area contributed by atoms with Crippen LogP contribution in [0.5, 0.6) is 0 Å². The number of rotatable bonds is 16. The van der Waals surface area contributed by atoms with Crippen LogP contribution >= 0.6 is 0 Å². The summed E-state index contributed by atoms with van der Waals surface area (Å²) in [6.07, 6.45) is 5.19. The number of anilines is 18. The van der Waals surface area contributed by atoms with Crippen molar-refractivity contribution in [1.82, 2.24) is 0 Å². The second kappa shape index (κ2) is 32.1. The molecule has 6 nitrogen and oxygen atoms in total. The van der Waals surface area contributed by atoms with E-state index in [4.69, 9.17) is 0 Å². The zero-order valence-corrected chi connectivity index (χ0v) is 77.7. The summed E-state index contributed by atoms with van der Waals surface area (Å²) < 4.78 is 0. The van der Waals surface area contributed by atoms with Crippen LogP contribution in [0.1, 0.15) is 113 Å². The molecule has 0 radical (unpaired) electrons. The van der Waals surface area contributed by atoms with E-state index in [0.717, 1.165) is 89.0 Å². The highest BCUT2D eigenvalue weighted by Crippen LogP contribution is 2.56. The van der Waals surface area contributed by atoms with Crippen LogP contribution in [-0.2, 0) is 28.1 Å². The maximum absolute atomic E-state index is 2.66. The number of hydrogen-bond donors (Lipinski definition) is 0.